The number of hydrogen-bond acceptors (Lipinski definition) is 5. The zero-order chi connectivity index (χ0) is 16.4. The van der Waals surface area contributed by atoms with E-state index in [0.29, 0.717) is 11.8 Å². The lowest BCUT2D eigenvalue weighted by molar-refractivity contribution is 0.494. The van der Waals surface area contributed by atoms with Crippen LogP contribution in [-0.4, -0.2) is 34.1 Å². The molecule has 0 saturated carbocycles. The van der Waals surface area contributed by atoms with Crippen molar-refractivity contribution in [1.82, 2.24) is 15.0 Å². The fourth-order valence-electron chi connectivity index (χ4n) is 2.45. The lowest BCUT2D eigenvalue weighted by Gasteiger charge is -2.30. The molecule has 1 aromatic carbocycles. The minimum Gasteiger partial charge on any atom is -0.341 e. The van der Waals surface area contributed by atoms with Crippen LogP contribution >= 0.6 is 34.8 Å². The second-order valence-corrected chi connectivity index (χ2v) is 7.75. The lowest BCUT2D eigenvalue weighted by Crippen LogP contribution is -2.40. The maximum Gasteiger partial charge on any atom is 0.250 e. The SMILES string of the molecule is NC1CCN(c2nc(-c3ccccc3)nc(C(Cl)(Cl)Cl)n2)CC1. The number of aromatic nitrogens is 3. The van der Waals surface area contributed by atoms with E-state index in [2.05, 4.69) is 19.9 Å². The molecule has 0 bridgehead atoms. The van der Waals surface area contributed by atoms with Gasteiger partial charge in [0.1, 0.15) is 0 Å². The van der Waals surface area contributed by atoms with Crippen LogP contribution in [0.1, 0.15) is 18.7 Å². The van der Waals surface area contributed by atoms with Crippen molar-refractivity contribution >= 4 is 40.8 Å². The molecule has 0 amide bonds. The van der Waals surface area contributed by atoms with Gasteiger partial charge in [-0.25, -0.2) is 4.98 Å². The predicted molar refractivity (Wildman–Crippen MR) is 93.9 cm³/mol. The first-order chi connectivity index (χ1) is 10.9. The molecule has 1 saturated heterocycles. The predicted octanol–water partition coefficient (Wildman–Crippen LogP) is 3.29. The molecule has 2 aromatic rings. The summed E-state index contributed by atoms with van der Waals surface area (Å²) in [6, 6.07) is 9.78. The van der Waals surface area contributed by atoms with Gasteiger partial charge in [-0.3, -0.25) is 0 Å². The minimum absolute atomic E-state index is 0.126. The number of alkyl halides is 3. The van der Waals surface area contributed by atoms with Gasteiger partial charge in [-0.05, 0) is 12.8 Å². The van der Waals surface area contributed by atoms with Gasteiger partial charge >= 0.3 is 0 Å². The molecule has 1 fully saturated rings. The van der Waals surface area contributed by atoms with Crippen LogP contribution in [0.15, 0.2) is 30.3 Å². The zero-order valence-electron chi connectivity index (χ0n) is 12.3. The number of nitrogens with two attached hydrogens (primary N) is 1. The fraction of sp³-hybridized carbons (Fsp3) is 0.400. The Morgan fingerprint density at radius 2 is 1.65 bits per heavy atom. The molecule has 8 heteroatoms. The topological polar surface area (TPSA) is 67.9 Å². The third kappa shape index (κ3) is 4.04. The highest BCUT2D eigenvalue weighted by atomic mass is 35.6. The van der Waals surface area contributed by atoms with E-state index in [1.165, 1.54) is 0 Å². The van der Waals surface area contributed by atoms with Crippen molar-refractivity contribution in [3.05, 3.63) is 36.2 Å². The number of piperidine rings is 1. The summed E-state index contributed by atoms with van der Waals surface area (Å²) in [7, 11) is 0. The second-order valence-electron chi connectivity index (χ2n) is 5.47. The lowest BCUT2D eigenvalue weighted by atomic mass is 10.1. The number of anilines is 1. The van der Waals surface area contributed by atoms with E-state index in [9.17, 15) is 0 Å². The van der Waals surface area contributed by atoms with Crippen molar-refractivity contribution in [2.75, 3.05) is 18.0 Å². The van der Waals surface area contributed by atoms with E-state index in [4.69, 9.17) is 40.5 Å². The van der Waals surface area contributed by atoms with Crippen molar-refractivity contribution in [2.45, 2.75) is 22.7 Å². The summed E-state index contributed by atoms with van der Waals surface area (Å²) in [5, 5.41) is 0. The van der Waals surface area contributed by atoms with Crippen LogP contribution in [0.2, 0.25) is 0 Å². The molecular weight excluding hydrogens is 357 g/mol. The summed E-state index contributed by atoms with van der Waals surface area (Å²) < 4.78 is -1.70. The van der Waals surface area contributed by atoms with E-state index in [0.717, 1.165) is 31.5 Å². The largest absolute Gasteiger partial charge is 0.341 e. The fourth-order valence-corrected chi connectivity index (χ4v) is 2.70. The van der Waals surface area contributed by atoms with Crippen LogP contribution in [-0.2, 0) is 3.79 Å². The quantitative estimate of drug-likeness (QED) is 0.819. The molecule has 2 heterocycles. The number of rotatable bonds is 2. The summed E-state index contributed by atoms with van der Waals surface area (Å²) in [5.41, 5.74) is 6.80. The van der Waals surface area contributed by atoms with Gasteiger partial charge in [-0.15, -0.1) is 0 Å². The van der Waals surface area contributed by atoms with Crippen molar-refractivity contribution in [1.29, 1.82) is 0 Å². The summed E-state index contributed by atoms with van der Waals surface area (Å²) in [6.07, 6.45) is 1.77. The Morgan fingerprint density at radius 3 is 2.26 bits per heavy atom. The molecule has 3 rings (SSSR count). The van der Waals surface area contributed by atoms with Crippen LogP contribution in [0.4, 0.5) is 5.95 Å². The van der Waals surface area contributed by atoms with Gasteiger partial charge in [0.15, 0.2) is 11.6 Å². The zero-order valence-corrected chi connectivity index (χ0v) is 14.6. The third-order valence-electron chi connectivity index (χ3n) is 3.73. The maximum atomic E-state index is 5.99. The Hall–Kier alpha value is -1.14. The molecule has 0 unspecified atom stereocenters. The first-order valence-electron chi connectivity index (χ1n) is 7.33. The van der Waals surface area contributed by atoms with Gasteiger partial charge in [-0.1, -0.05) is 65.1 Å². The van der Waals surface area contributed by atoms with Crippen LogP contribution < -0.4 is 10.6 Å². The van der Waals surface area contributed by atoms with E-state index in [1.807, 2.05) is 30.3 Å². The Balaban J connectivity index is 2.02. The molecule has 1 aliphatic rings. The highest BCUT2D eigenvalue weighted by Crippen LogP contribution is 2.37. The standard InChI is InChI=1S/C15H16Cl3N5/c16-15(17,18)13-20-12(10-4-2-1-3-5-10)21-14(22-13)23-8-6-11(19)7-9-23/h1-5,11H,6-9,19H2. The molecule has 2 N–H and O–H groups in total. The van der Waals surface area contributed by atoms with Crippen LogP contribution in [0.25, 0.3) is 11.4 Å². The Labute approximate surface area is 149 Å². The summed E-state index contributed by atoms with van der Waals surface area (Å²) in [6.45, 7) is 1.55. The number of benzene rings is 1. The first kappa shape index (κ1) is 16.7. The normalized spacial score (nSPS) is 16.6. The molecule has 0 radical (unpaired) electrons. The van der Waals surface area contributed by atoms with E-state index in [-0.39, 0.29) is 11.9 Å². The molecule has 5 nitrogen and oxygen atoms in total. The van der Waals surface area contributed by atoms with Gasteiger partial charge in [0, 0.05) is 24.7 Å². The van der Waals surface area contributed by atoms with Gasteiger partial charge in [0.05, 0.1) is 0 Å². The summed E-state index contributed by atoms with van der Waals surface area (Å²) in [5.74, 6) is 1.14. The first-order valence-corrected chi connectivity index (χ1v) is 8.46. The molecule has 23 heavy (non-hydrogen) atoms. The number of halogens is 3. The molecule has 0 spiro atoms. The monoisotopic (exact) mass is 371 g/mol. The Kier molecular flexibility index (Phi) is 4.92. The summed E-state index contributed by atoms with van der Waals surface area (Å²) in [4.78, 5) is 15.3. The van der Waals surface area contributed by atoms with Gasteiger partial charge in [-0.2, -0.15) is 9.97 Å². The number of nitrogens with zero attached hydrogens (tertiary/aromatic N) is 4. The molecule has 122 valence electrons. The third-order valence-corrected chi connectivity index (χ3v) is 4.24. The van der Waals surface area contributed by atoms with Crippen molar-refractivity contribution in [3.63, 3.8) is 0 Å². The van der Waals surface area contributed by atoms with Crippen LogP contribution in [0.3, 0.4) is 0 Å². The Morgan fingerprint density at radius 1 is 1.00 bits per heavy atom. The van der Waals surface area contributed by atoms with Crippen molar-refractivity contribution in [2.24, 2.45) is 5.73 Å². The Bertz CT molecular complexity index is 667. The minimum atomic E-state index is -1.70. The van der Waals surface area contributed by atoms with E-state index >= 15 is 0 Å². The number of hydrogen-bond donors (Lipinski definition) is 1. The van der Waals surface area contributed by atoms with Crippen LogP contribution in [0, 0.1) is 0 Å². The second kappa shape index (κ2) is 6.77. The molecule has 0 atom stereocenters. The smallest absolute Gasteiger partial charge is 0.250 e. The molecular formula is C15H16Cl3N5. The van der Waals surface area contributed by atoms with E-state index in [1.54, 1.807) is 0 Å². The molecule has 1 aliphatic heterocycles. The van der Waals surface area contributed by atoms with Gasteiger partial charge in [0.25, 0.3) is 0 Å². The highest BCUT2D eigenvalue weighted by molar-refractivity contribution is 6.66. The van der Waals surface area contributed by atoms with E-state index < -0.39 is 3.79 Å². The average molecular weight is 373 g/mol. The summed E-state index contributed by atoms with van der Waals surface area (Å²) >= 11 is 18.0. The van der Waals surface area contributed by atoms with Gasteiger partial charge in [0.2, 0.25) is 9.74 Å². The average Bonchev–Trinajstić information content (AvgIpc) is 2.55. The van der Waals surface area contributed by atoms with Gasteiger partial charge < -0.3 is 10.6 Å². The maximum absolute atomic E-state index is 5.99. The van der Waals surface area contributed by atoms with Crippen LogP contribution in [0.5, 0.6) is 0 Å². The highest BCUT2D eigenvalue weighted by Gasteiger charge is 2.30. The van der Waals surface area contributed by atoms with Crippen molar-refractivity contribution < 1.29 is 0 Å². The molecule has 0 aliphatic carbocycles. The molecule has 1 aromatic heterocycles. The van der Waals surface area contributed by atoms with Crippen molar-refractivity contribution in [3.8, 4) is 11.4 Å².